The van der Waals surface area contributed by atoms with Gasteiger partial charge in [0.25, 0.3) is 0 Å². The number of Topliss-reactive ketones (excluding diaryl/α,β-unsaturated/α-hetero) is 2. The van der Waals surface area contributed by atoms with Gasteiger partial charge in [-0.05, 0) is 78.9 Å². The van der Waals surface area contributed by atoms with Crippen molar-refractivity contribution in [3.05, 3.63) is 0 Å². The van der Waals surface area contributed by atoms with Crippen LogP contribution in [0.4, 0.5) is 17.6 Å². The van der Waals surface area contributed by atoms with Gasteiger partial charge in [-0.3, -0.25) is 14.4 Å². The third-order valence-corrected chi connectivity index (χ3v) is 12.2. The number of ether oxygens (including phenoxy) is 1. The van der Waals surface area contributed by atoms with Crippen LogP contribution in [-0.2, 0) is 29.2 Å². The molecule has 0 aromatic heterocycles. The van der Waals surface area contributed by atoms with Crippen LogP contribution >= 0.6 is 0 Å². The van der Waals surface area contributed by atoms with Crippen LogP contribution < -0.4 is 0 Å². The van der Waals surface area contributed by atoms with E-state index in [0.29, 0.717) is 25.7 Å². The Labute approximate surface area is 232 Å². The largest absolute Gasteiger partial charge is 0.743 e. The van der Waals surface area contributed by atoms with E-state index in [1.165, 1.54) is 0 Å². The van der Waals surface area contributed by atoms with Gasteiger partial charge in [0, 0.05) is 31.6 Å². The molecule has 1 unspecified atom stereocenters. The van der Waals surface area contributed by atoms with Gasteiger partial charge in [-0.15, -0.1) is 0 Å². The summed E-state index contributed by atoms with van der Waals surface area (Å²) in [5.74, 6) is -4.59. The highest BCUT2D eigenvalue weighted by Crippen LogP contribution is 2.67. The first-order chi connectivity index (χ1) is 18.3. The van der Waals surface area contributed by atoms with Gasteiger partial charge in [0.2, 0.25) is 0 Å². The highest BCUT2D eigenvalue weighted by Gasteiger charge is 2.63. The standard InChI is InChI=1S/C28H40F4O7S/c1-16(4-7-23(35)39-13-12-27(29,30)28(31,32)40(36,37)38)19-5-6-20-24-21(9-11-26(19,20)3)25(2)10-8-18(33)14-17(25)15-22(24)34/h16-17,19-21,24H,4-15H2,1-3H3,(H,36,37,38)/p-1/t16-,17?,19-,20+,21+,24+,25+,26-/m1/s1. The topological polar surface area (TPSA) is 118 Å². The molecule has 4 rings (SSSR count). The minimum atomic E-state index is -6.59. The van der Waals surface area contributed by atoms with Gasteiger partial charge in [0.1, 0.15) is 11.6 Å². The van der Waals surface area contributed by atoms with E-state index in [2.05, 4.69) is 18.6 Å². The van der Waals surface area contributed by atoms with Crippen LogP contribution in [-0.4, -0.2) is 48.3 Å². The average Bonchev–Trinajstić information content (AvgIpc) is 3.20. The summed E-state index contributed by atoms with van der Waals surface area (Å²) in [5, 5.41) is -5.80. The summed E-state index contributed by atoms with van der Waals surface area (Å²) in [5.41, 5.74) is -0.0920. The highest BCUT2D eigenvalue weighted by atomic mass is 32.2. The lowest BCUT2D eigenvalue weighted by Crippen LogP contribution is -2.57. The summed E-state index contributed by atoms with van der Waals surface area (Å²) in [6.07, 6.45) is 4.54. The number of carbonyl (C=O) groups excluding carboxylic acids is 3. The van der Waals surface area contributed by atoms with Gasteiger partial charge in [0.15, 0.2) is 10.1 Å². The van der Waals surface area contributed by atoms with Gasteiger partial charge in [0.05, 0.1) is 13.0 Å². The van der Waals surface area contributed by atoms with Crippen molar-refractivity contribution < 1.29 is 49.7 Å². The molecule has 0 amide bonds. The number of hydrogen-bond donors (Lipinski definition) is 0. The van der Waals surface area contributed by atoms with Gasteiger partial charge in [-0.2, -0.15) is 17.6 Å². The second-order valence-electron chi connectivity index (χ2n) is 13.2. The van der Waals surface area contributed by atoms with Crippen LogP contribution in [0.5, 0.6) is 0 Å². The van der Waals surface area contributed by atoms with E-state index >= 15 is 0 Å². The molecule has 0 spiro atoms. The molecule has 0 N–H and O–H groups in total. The molecule has 0 bridgehead atoms. The molecule has 4 fully saturated rings. The zero-order valence-electron chi connectivity index (χ0n) is 23.2. The number of rotatable bonds is 9. The average molecular weight is 596 g/mol. The molecule has 8 atom stereocenters. The third-order valence-electron chi connectivity index (χ3n) is 11.3. The molecule has 0 aromatic carbocycles. The van der Waals surface area contributed by atoms with E-state index in [9.17, 15) is 44.9 Å². The monoisotopic (exact) mass is 595 g/mol. The molecular weight excluding hydrogens is 556 g/mol. The normalized spacial score (nSPS) is 37.4. The maximum atomic E-state index is 13.6. The summed E-state index contributed by atoms with van der Waals surface area (Å²) in [6.45, 7) is 5.37. The van der Waals surface area contributed by atoms with Crippen molar-refractivity contribution >= 4 is 27.7 Å². The molecule has 4 aliphatic carbocycles. The van der Waals surface area contributed by atoms with Crippen molar-refractivity contribution in [1.82, 2.24) is 0 Å². The Kier molecular flexibility index (Phi) is 8.33. The Hall–Kier alpha value is -1.56. The zero-order chi connectivity index (χ0) is 29.9. The Balaban J connectivity index is 1.33. The maximum Gasteiger partial charge on any atom is 0.396 e. The Morgan fingerprint density at radius 1 is 1.05 bits per heavy atom. The molecule has 4 aliphatic rings. The summed E-state index contributed by atoms with van der Waals surface area (Å²) in [4.78, 5) is 37.8. The van der Waals surface area contributed by atoms with E-state index in [0.717, 1.165) is 32.1 Å². The molecule has 0 radical (unpaired) electrons. The van der Waals surface area contributed by atoms with Crippen molar-refractivity contribution in [3.63, 3.8) is 0 Å². The van der Waals surface area contributed by atoms with Gasteiger partial charge in [-0.25, -0.2) is 8.42 Å². The molecule has 12 heteroatoms. The van der Waals surface area contributed by atoms with Crippen LogP contribution in [0.3, 0.4) is 0 Å². The fourth-order valence-corrected chi connectivity index (χ4v) is 9.41. The number of halogens is 4. The number of ketones is 2. The highest BCUT2D eigenvalue weighted by molar-refractivity contribution is 7.86. The van der Waals surface area contributed by atoms with Gasteiger partial charge in [-0.1, -0.05) is 20.8 Å². The minimum absolute atomic E-state index is 0.0000770. The first kappa shape index (κ1) is 31.4. The van der Waals surface area contributed by atoms with E-state index < -0.39 is 40.3 Å². The Morgan fingerprint density at radius 3 is 2.35 bits per heavy atom. The zero-order valence-corrected chi connectivity index (χ0v) is 24.0. The second-order valence-corrected chi connectivity index (χ2v) is 14.7. The smallest absolute Gasteiger partial charge is 0.396 e. The number of esters is 1. The molecule has 228 valence electrons. The molecule has 4 saturated carbocycles. The summed E-state index contributed by atoms with van der Waals surface area (Å²) in [6, 6.07) is 0. The second kappa shape index (κ2) is 10.6. The SMILES string of the molecule is C[C@H](CCC(=O)OCCC(F)(F)C(F)(F)S(=O)(=O)[O-])[C@H]1CC[C@H]2[C@@H]3C(=O)CC4CC(=O)CC[C@]4(C)[C@H]3CC[C@]12C. The van der Waals surface area contributed by atoms with E-state index in [-0.39, 0.29) is 64.3 Å². The molecule has 0 heterocycles. The summed E-state index contributed by atoms with van der Waals surface area (Å²) >= 11 is 0. The number of carbonyl (C=O) groups is 3. The molecule has 0 aliphatic heterocycles. The molecule has 0 aromatic rings. The lowest BCUT2D eigenvalue weighted by Gasteiger charge is -2.59. The van der Waals surface area contributed by atoms with E-state index in [4.69, 9.17) is 0 Å². The molecular formula is C28H39F4O7S-. The van der Waals surface area contributed by atoms with Crippen LogP contribution in [0.25, 0.3) is 0 Å². The van der Waals surface area contributed by atoms with Crippen molar-refractivity contribution in [3.8, 4) is 0 Å². The predicted molar refractivity (Wildman–Crippen MR) is 134 cm³/mol. The first-order valence-corrected chi connectivity index (χ1v) is 15.7. The third kappa shape index (κ3) is 5.24. The van der Waals surface area contributed by atoms with E-state index in [1.54, 1.807) is 0 Å². The Morgan fingerprint density at radius 2 is 1.70 bits per heavy atom. The van der Waals surface area contributed by atoms with Gasteiger partial charge < -0.3 is 9.29 Å². The van der Waals surface area contributed by atoms with E-state index in [1.807, 2.05) is 6.92 Å². The fourth-order valence-electron chi connectivity index (χ4n) is 8.94. The number of alkyl halides is 4. The number of fused-ring (bicyclic) bond motifs is 5. The van der Waals surface area contributed by atoms with Crippen molar-refractivity contribution in [2.45, 2.75) is 103 Å². The quantitative estimate of drug-likeness (QED) is 0.196. The van der Waals surface area contributed by atoms with Crippen LogP contribution in [0, 0.1) is 46.3 Å². The lowest BCUT2D eigenvalue weighted by molar-refractivity contribution is -0.175. The van der Waals surface area contributed by atoms with Crippen LogP contribution in [0.1, 0.15) is 91.4 Å². The van der Waals surface area contributed by atoms with Crippen LogP contribution in [0.15, 0.2) is 0 Å². The summed E-state index contributed by atoms with van der Waals surface area (Å²) in [7, 11) is -6.59. The first-order valence-electron chi connectivity index (χ1n) is 14.3. The molecule has 0 saturated heterocycles. The molecule has 7 nitrogen and oxygen atoms in total. The van der Waals surface area contributed by atoms with Crippen molar-refractivity contribution in [2.75, 3.05) is 6.61 Å². The molecule has 40 heavy (non-hydrogen) atoms. The number of hydrogen-bond acceptors (Lipinski definition) is 7. The van der Waals surface area contributed by atoms with Gasteiger partial charge >= 0.3 is 17.1 Å². The maximum absolute atomic E-state index is 13.6. The van der Waals surface area contributed by atoms with Crippen LogP contribution in [0.2, 0.25) is 0 Å². The van der Waals surface area contributed by atoms with Crippen molar-refractivity contribution in [2.24, 2.45) is 46.3 Å². The van der Waals surface area contributed by atoms with Crippen molar-refractivity contribution in [1.29, 1.82) is 0 Å². The summed E-state index contributed by atoms with van der Waals surface area (Å²) < 4.78 is 89.8. The predicted octanol–water partition coefficient (Wildman–Crippen LogP) is 5.52. The minimum Gasteiger partial charge on any atom is -0.743 e. The Bertz CT molecular complexity index is 1140. The lowest BCUT2D eigenvalue weighted by atomic mass is 9.44. The fraction of sp³-hybridized carbons (Fsp3) is 0.893.